The molecule has 0 aromatic heterocycles. The first-order chi connectivity index (χ1) is 17.3. The smallest absolute Gasteiger partial charge is 0.121 e. The Balaban J connectivity index is 0. The Morgan fingerprint density at radius 2 is 0.946 bits per heavy atom. The van der Waals surface area contributed by atoms with Gasteiger partial charge in [-0.25, -0.2) is 0 Å². The summed E-state index contributed by atoms with van der Waals surface area (Å²) in [7, 11) is 0. The summed E-state index contributed by atoms with van der Waals surface area (Å²) in [6.07, 6.45) is 3.05. The van der Waals surface area contributed by atoms with Crippen molar-refractivity contribution in [2.24, 2.45) is 0 Å². The molecule has 3 nitrogen and oxygen atoms in total. The van der Waals surface area contributed by atoms with Gasteiger partial charge in [0.2, 0.25) is 0 Å². The Hall–Kier alpha value is -2.94. The molecule has 0 aliphatic heterocycles. The van der Waals surface area contributed by atoms with Crippen molar-refractivity contribution < 1.29 is 15.3 Å². The Kier molecular flexibility index (Phi) is 18.8. The molecule has 0 saturated carbocycles. The van der Waals surface area contributed by atoms with Gasteiger partial charge in [0.15, 0.2) is 0 Å². The average Bonchev–Trinajstić information content (AvgIpc) is 2.82. The molecule has 3 N–H and O–H groups in total. The van der Waals surface area contributed by atoms with E-state index in [9.17, 15) is 10.2 Å². The molecule has 0 bridgehead atoms. The van der Waals surface area contributed by atoms with Crippen molar-refractivity contribution >= 4 is 0 Å². The number of benzene rings is 3. The van der Waals surface area contributed by atoms with Gasteiger partial charge in [-0.1, -0.05) is 77.8 Å². The lowest BCUT2D eigenvalue weighted by Gasteiger charge is -2.11. The van der Waals surface area contributed by atoms with E-state index >= 15 is 0 Å². The maximum atomic E-state index is 9.70. The van der Waals surface area contributed by atoms with Crippen LogP contribution in [0.4, 0.5) is 0 Å². The van der Waals surface area contributed by atoms with E-state index in [1.807, 2.05) is 79.7 Å². The summed E-state index contributed by atoms with van der Waals surface area (Å²) in [5.41, 5.74) is 10.0. The highest BCUT2D eigenvalue weighted by atomic mass is 16.3. The highest BCUT2D eigenvalue weighted by molar-refractivity contribution is 5.48. The van der Waals surface area contributed by atoms with Gasteiger partial charge < -0.3 is 15.3 Å². The molecule has 37 heavy (non-hydrogen) atoms. The van der Waals surface area contributed by atoms with E-state index in [1.54, 1.807) is 12.1 Å². The maximum Gasteiger partial charge on any atom is 0.121 e. The standard InChI is InChI=1S/C11H16O.C10H14O.C8H10O.C3H8.C2H6/c1-5-10-9(4)7(2)6-8(3)11(10)12;1-4-9-6-7(2)5-8(3)10(9)11;1-6-3-7(2)5-8(9)4-6;1-3-2;1-2/h6,12H,5H2,1-4H3;5-6,11H,4H2,1-3H3;3-5,9H,1-2H3;3H2,1-2H3;1-2H3. The van der Waals surface area contributed by atoms with Crippen molar-refractivity contribution in [2.45, 2.75) is 109 Å². The summed E-state index contributed by atoms with van der Waals surface area (Å²) in [6.45, 7) is 26.4. The second-order valence-electron chi connectivity index (χ2n) is 9.31. The highest BCUT2D eigenvalue weighted by Crippen LogP contribution is 2.28. The largest absolute Gasteiger partial charge is 0.508 e. The molecule has 0 radical (unpaired) electrons. The quantitative estimate of drug-likeness (QED) is 0.321. The third-order valence-corrected chi connectivity index (χ3v) is 5.60. The topological polar surface area (TPSA) is 60.7 Å². The average molecular weight is 511 g/mol. The Bertz CT molecular complexity index is 989. The first kappa shape index (κ1) is 36.2. The van der Waals surface area contributed by atoms with Gasteiger partial charge in [-0.2, -0.15) is 0 Å². The minimum absolute atomic E-state index is 0.354. The summed E-state index contributed by atoms with van der Waals surface area (Å²) in [5, 5.41) is 28.2. The molecule has 3 aromatic carbocycles. The van der Waals surface area contributed by atoms with Crippen LogP contribution in [-0.4, -0.2) is 15.3 Å². The molecular weight excluding hydrogens is 456 g/mol. The van der Waals surface area contributed by atoms with E-state index in [0.717, 1.165) is 46.2 Å². The van der Waals surface area contributed by atoms with Crippen LogP contribution in [0.5, 0.6) is 17.2 Å². The molecule has 0 heterocycles. The summed E-state index contributed by atoms with van der Waals surface area (Å²) in [5.74, 6) is 1.28. The monoisotopic (exact) mass is 510 g/mol. The molecule has 0 saturated heterocycles. The van der Waals surface area contributed by atoms with Crippen molar-refractivity contribution in [2.75, 3.05) is 0 Å². The Morgan fingerprint density at radius 1 is 0.514 bits per heavy atom. The minimum atomic E-state index is 0.354. The minimum Gasteiger partial charge on any atom is -0.508 e. The van der Waals surface area contributed by atoms with Crippen LogP contribution in [-0.2, 0) is 12.8 Å². The van der Waals surface area contributed by atoms with Crippen LogP contribution in [0.15, 0.2) is 36.4 Å². The lowest BCUT2D eigenvalue weighted by molar-refractivity contribution is 0.463. The molecule has 0 spiro atoms. The molecular formula is C34H54O3. The molecule has 0 fully saturated rings. The van der Waals surface area contributed by atoms with Crippen LogP contribution in [0.25, 0.3) is 0 Å². The third-order valence-electron chi connectivity index (χ3n) is 5.60. The molecule has 0 unspecified atom stereocenters. The van der Waals surface area contributed by atoms with Crippen LogP contribution < -0.4 is 0 Å². The number of phenols is 3. The normalized spacial score (nSPS) is 9.32. The summed E-state index contributed by atoms with van der Waals surface area (Å²) < 4.78 is 0. The molecule has 0 aliphatic carbocycles. The van der Waals surface area contributed by atoms with E-state index in [1.165, 1.54) is 23.1 Å². The SMILES string of the molecule is CC.CCC.CCc1c(C)c(C)cc(C)c1O.CCc1cc(C)cc(C)c1O.Cc1cc(C)cc(O)c1. The molecule has 0 atom stereocenters. The lowest BCUT2D eigenvalue weighted by atomic mass is 9.97. The van der Waals surface area contributed by atoms with Crippen molar-refractivity contribution in [3.63, 3.8) is 0 Å². The molecule has 3 rings (SSSR count). The number of hydrogen-bond acceptors (Lipinski definition) is 3. The summed E-state index contributed by atoms with van der Waals surface area (Å²) >= 11 is 0. The van der Waals surface area contributed by atoms with Crippen LogP contribution >= 0.6 is 0 Å². The van der Waals surface area contributed by atoms with Gasteiger partial charge in [-0.05, 0) is 118 Å². The predicted octanol–water partition coefficient (Wildman–Crippen LogP) is 9.90. The third kappa shape index (κ3) is 13.3. The second kappa shape index (κ2) is 19.2. The van der Waals surface area contributed by atoms with Gasteiger partial charge in [0.25, 0.3) is 0 Å². The van der Waals surface area contributed by atoms with Gasteiger partial charge >= 0.3 is 0 Å². The molecule has 0 amide bonds. The molecule has 208 valence electrons. The van der Waals surface area contributed by atoms with Gasteiger partial charge in [0, 0.05) is 0 Å². The first-order valence-corrected chi connectivity index (χ1v) is 13.7. The Labute approximate surface area is 228 Å². The fourth-order valence-corrected chi connectivity index (χ4v) is 3.86. The second-order valence-corrected chi connectivity index (χ2v) is 9.31. The number of phenolic OH excluding ortho intramolecular Hbond substituents is 3. The van der Waals surface area contributed by atoms with E-state index in [0.29, 0.717) is 17.2 Å². The Morgan fingerprint density at radius 3 is 1.35 bits per heavy atom. The lowest BCUT2D eigenvalue weighted by Crippen LogP contribution is -1.93. The zero-order valence-corrected chi connectivity index (χ0v) is 25.9. The number of hydrogen-bond donors (Lipinski definition) is 3. The van der Waals surface area contributed by atoms with E-state index in [4.69, 9.17) is 5.11 Å². The van der Waals surface area contributed by atoms with Crippen molar-refractivity contribution in [3.05, 3.63) is 86.5 Å². The predicted molar refractivity (Wildman–Crippen MR) is 164 cm³/mol. The summed E-state index contributed by atoms with van der Waals surface area (Å²) in [6, 6.07) is 11.6. The summed E-state index contributed by atoms with van der Waals surface area (Å²) in [4.78, 5) is 0. The number of rotatable bonds is 2. The van der Waals surface area contributed by atoms with Crippen molar-refractivity contribution in [1.82, 2.24) is 0 Å². The number of aryl methyl sites for hydroxylation is 7. The van der Waals surface area contributed by atoms with Crippen LogP contribution in [0.3, 0.4) is 0 Å². The van der Waals surface area contributed by atoms with Crippen LogP contribution in [0, 0.1) is 48.5 Å². The van der Waals surface area contributed by atoms with E-state index in [-0.39, 0.29) is 0 Å². The highest BCUT2D eigenvalue weighted by Gasteiger charge is 2.08. The fourth-order valence-electron chi connectivity index (χ4n) is 3.86. The van der Waals surface area contributed by atoms with Gasteiger partial charge in [-0.15, -0.1) is 0 Å². The van der Waals surface area contributed by atoms with Crippen LogP contribution in [0.2, 0.25) is 0 Å². The fraction of sp³-hybridized carbons (Fsp3) is 0.471. The molecule has 0 aliphatic rings. The van der Waals surface area contributed by atoms with Crippen LogP contribution in [0.1, 0.15) is 98.0 Å². The molecule has 3 aromatic rings. The zero-order valence-electron chi connectivity index (χ0n) is 25.9. The van der Waals surface area contributed by atoms with Gasteiger partial charge in [0.05, 0.1) is 0 Å². The van der Waals surface area contributed by atoms with E-state index < -0.39 is 0 Å². The van der Waals surface area contributed by atoms with Gasteiger partial charge in [0.1, 0.15) is 17.2 Å². The molecule has 3 heteroatoms. The van der Waals surface area contributed by atoms with E-state index in [2.05, 4.69) is 34.6 Å². The van der Waals surface area contributed by atoms with Crippen molar-refractivity contribution in [3.8, 4) is 17.2 Å². The van der Waals surface area contributed by atoms with Gasteiger partial charge in [-0.3, -0.25) is 0 Å². The van der Waals surface area contributed by atoms with Crippen molar-refractivity contribution in [1.29, 1.82) is 0 Å². The maximum absolute atomic E-state index is 9.70. The number of aromatic hydroxyl groups is 3. The zero-order chi connectivity index (χ0) is 29.3. The first-order valence-electron chi connectivity index (χ1n) is 13.7.